The fourth-order valence-electron chi connectivity index (χ4n) is 0.912. The maximum atomic E-state index is 11.4. The van der Waals surface area contributed by atoms with Gasteiger partial charge in [-0.1, -0.05) is 58.0 Å². The summed E-state index contributed by atoms with van der Waals surface area (Å²) in [6, 6.07) is 0. The molecular formula is C6H4Cl5NO2S. The average Bonchev–Trinajstić information content (AvgIpc) is 1.98. The zero-order valence-electron chi connectivity index (χ0n) is 7.11. The maximum absolute atomic E-state index is 11.4. The van der Waals surface area contributed by atoms with Gasteiger partial charge in [-0.15, -0.1) is 0 Å². The summed E-state index contributed by atoms with van der Waals surface area (Å²) < 4.78 is 21.0. The number of sulfone groups is 1. The molecule has 0 spiro atoms. The Balaban J connectivity index is 3.55. The highest BCUT2D eigenvalue weighted by Gasteiger charge is 2.40. The number of hydrogen-bond acceptors (Lipinski definition) is 3. The topological polar surface area (TPSA) is 46.2 Å². The molecule has 0 atom stereocenters. The highest BCUT2D eigenvalue weighted by atomic mass is 35.5. The lowest BCUT2D eigenvalue weighted by Gasteiger charge is -2.28. The number of nitrogens with one attached hydrogen (secondary N) is 1. The van der Waals surface area contributed by atoms with E-state index in [-0.39, 0.29) is 20.1 Å². The van der Waals surface area contributed by atoms with Crippen LogP contribution in [0.15, 0.2) is 20.1 Å². The first kappa shape index (κ1) is 13.7. The molecular weight excluding hydrogens is 327 g/mol. The van der Waals surface area contributed by atoms with Gasteiger partial charge in [-0.25, -0.2) is 8.42 Å². The lowest BCUT2D eigenvalue weighted by Crippen LogP contribution is -2.37. The van der Waals surface area contributed by atoms with Crippen molar-refractivity contribution in [2.24, 2.45) is 0 Å². The third-order valence-corrected chi connectivity index (χ3v) is 4.87. The predicted molar refractivity (Wildman–Crippen MR) is 64.0 cm³/mol. The van der Waals surface area contributed by atoms with Gasteiger partial charge in [-0.2, -0.15) is 0 Å². The Labute approximate surface area is 112 Å². The van der Waals surface area contributed by atoms with Crippen molar-refractivity contribution in [1.82, 2.24) is 5.32 Å². The first-order chi connectivity index (χ1) is 6.57. The highest BCUT2D eigenvalue weighted by molar-refractivity contribution is 7.95. The number of dihydropyridines is 1. The molecule has 15 heavy (non-hydrogen) atoms. The van der Waals surface area contributed by atoms with Crippen molar-refractivity contribution in [2.45, 2.75) is 4.46 Å². The summed E-state index contributed by atoms with van der Waals surface area (Å²) in [5.41, 5.74) is 0. The van der Waals surface area contributed by atoms with Crippen LogP contribution in [0.25, 0.3) is 0 Å². The molecule has 9 heteroatoms. The molecule has 0 radical (unpaired) electrons. The van der Waals surface area contributed by atoms with Gasteiger partial charge in [0.15, 0.2) is 9.84 Å². The summed E-state index contributed by atoms with van der Waals surface area (Å²) in [4.78, 5) is -0.375. The largest absolute Gasteiger partial charge is 0.339 e. The molecule has 1 N–H and O–H groups in total. The van der Waals surface area contributed by atoms with E-state index in [1.807, 2.05) is 0 Å². The molecule has 1 heterocycles. The van der Waals surface area contributed by atoms with Gasteiger partial charge in [0.1, 0.15) is 10.1 Å². The standard InChI is InChI=1S/C6H4Cl5NO2S/c1-15(13,14)3-2(7)5(9)12-6(10,11)4(3)8/h12H,1H3. The fourth-order valence-corrected chi connectivity index (χ4v) is 3.87. The molecule has 86 valence electrons. The first-order valence-electron chi connectivity index (χ1n) is 3.39. The second-order valence-electron chi connectivity index (χ2n) is 2.74. The Morgan fingerprint density at radius 3 is 2.07 bits per heavy atom. The van der Waals surface area contributed by atoms with Crippen molar-refractivity contribution in [2.75, 3.05) is 6.26 Å². The minimum absolute atomic E-state index is 0.175. The molecule has 0 aromatic rings. The van der Waals surface area contributed by atoms with Crippen LogP contribution >= 0.6 is 58.0 Å². The second kappa shape index (κ2) is 4.17. The predicted octanol–water partition coefficient (Wildman–Crippen LogP) is 2.86. The molecule has 0 amide bonds. The van der Waals surface area contributed by atoms with Crippen LogP contribution in [0, 0.1) is 0 Å². The van der Waals surface area contributed by atoms with Crippen molar-refractivity contribution >= 4 is 67.8 Å². The number of rotatable bonds is 1. The first-order valence-corrected chi connectivity index (χ1v) is 7.17. The maximum Gasteiger partial charge on any atom is 0.226 e. The van der Waals surface area contributed by atoms with E-state index >= 15 is 0 Å². The van der Waals surface area contributed by atoms with Gasteiger partial charge in [0, 0.05) is 6.26 Å². The lowest BCUT2D eigenvalue weighted by molar-refractivity contribution is 0.607. The quantitative estimate of drug-likeness (QED) is 0.594. The van der Waals surface area contributed by atoms with Crippen LogP contribution in [-0.4, -0.2) is 19.1 Å². The Bertz CT molecular complexity index is 464. The van der Waals surface area contributed by atoms with E-state index in [4.69, 9.17) is 58.0 Å². The van der Waals surface area contributed by atoms with Crippen LogP contribution in [0.1, 0.15) is 0 Å². The zero-order chi connectivity index (χ0) is 12.0. The Morgan fingerprint density at radius 1 is 1.20 bits per heavy atom. The van der Waals surface area contributed by atoms with Gasteiger partial charge < -0.3 is 5.32 Å². The van der Waals surface area contributed by atoms with E-state index < -0.39 is 14.3 Å². The average molecular weight is 331 g/mol. The molecule has 0 fully saturated rings. The van der Waals surface area contributed by atoms with Crippen LogP contribution in [0.5, 0.6) is 0 Å². The van der Waals surface area contributed by atoms with Crippen molar-refractivity contribution in [3.63, 3.8) is 0 Å². The molecule has 0 saturated heterocycles. The molecule has 0 bridgehead atoms. The normalized spacial score (nSPS) is 21.7. The van der Waals surface area contributed by atoms with Gasteiger partial charge in [0.05, 0.1) is 10.1 Å². The Hall–Kier alpha value is 0.680. The van der Waals surface area contributed by atoms with Gasteiger partial charge in [0.2, 0.25) is 4.46 Å². The van der Waals surface area contributed by atoms with Crippen LogP contribution in [-0.2, 0) is 9.84 Å². The van der Waals surface area contributed by atoms with E-state index in [9.17, 15) is 8.42 Å². The summed E-state index contributed by atoms with van der Waals surface area (Å²) in [5, 5.41) is 1.61. The lowest BCUT2D eigenvalue weighted by atomic mass is 10.4. The number of alkyl halides is 2. The van der Waals surface area contributed by atoms with E-state index in [1.54, 1.807) is 0 Å². The van der Waals surface area contributed by atoms with Gasteiger partial charge in [-0.05, 0) is 0 Å². The zero-order valence-corrected chi connectivity index (χ0v) is 11.7. The molecule has 0 saturated carbocycles. The SMILES string of the molecule is CS(=O)(=O)C1=C(Cl)C(Cl)(Cl)NC(Cl)=C1Cl. The van der Waals surface area contributed by atoms with Crippen molar-refractivity contribution in [3.8, 4) is 0 Å². The van der Waals surface area contributed by atoms with Crippen LogP contribution in [0.4, 0.5) is 0 Å². The van der Waals surface area contributed by atoms with Gasteiger partial charge >= 0.3 is 0 Å². The molecule has 0 aromatic carbocycles. The van der Waals surface area contributed by atoms with Crippen LogP contribution < -0.4 is 5.32 Å². The van der Waals surface area contributed by atoms with Crippen molar-refractivity contribution < 1.29 is 8.42 Å². The summed E-state index contributed by atoms with van der Waals surface area (Å²) in [6.45, 7) is 0. The summed E-state index contributed by atoms with van der Waals surface area (Å²) in [7, 11) is -3.66. The van der Waals surface area contributed by atoms with Crippen molar-refractivity contribution in [3.05, 3.63) is 20.1 Å². The molecule has 0 unspecified atom stereocenters. The Kier molecular flexibility index (Phi) is 3.82. The third kappa shape index (κ3) is 2.68. The van der Waals surface area contributed by atoms with E-state index in [1.165, 1.54) is 0 Å². The van der Waals surface area contributed by atoms with E-state index in [0.717, 1.165) is 6.26 Å². The van der Waals surface area contributed by atoms with Crippen LogP contribution in [0.3, 0.4) is 0 Å². The minimum atomic E-state index is -3.66. The molecule has 1 rings (SSSR count). The number of allylic oxidation sites excluding steroid dienone is 1. The number of hydrogen-bond donors (Lipinski definition) is 1. The monoisotopic (exact) mass is 329 g/mol. The fraction of sp³-hybridized carbons (Fsp3) is 0.333. The molecule has 0 aromatic heterocycles. The summed E-state index contributed by atoms with van der Waals surface area (Å²) >= 11 is 28.4. The Morgan fingerprint density at radius 2 is 1.67 bits per heavy atom. The van der Waals surface area contributed by atoms with E-state index in [0.29, 0.717) is 0 Å². The van der Waals surface area contributed by atoms with Crippen LogP contribution in [0.2, 0.25) is 0 Å². The third-order valence-electron chi connectivity index (χ3n) is 1.50. The number of halogens is 5. The highest BCUT2D eigenvalue weighted by Crippen LogP contribution is 2.43. The minimum Gasteiger partial charge on any atom is -0.339 e. The molecule has 1 aliphatic rings. The summed E-state index contributed by atoms with van der Waals surface area (Å²) in [6.07, 6.45) is 0.923. The van der Waals surface area contributed by atoms with E-state index in [2.05, 4.69) is 5.32 Å². The summed E-state index contributed by atoms with van der Waals surface area (Å²) in [5.74, 6) is 0. The smallest absolute Gasteiger partial charge is 0.226 e. The van der Waals surface area contributed by atoms with Gasteiger partial charge in [0.25, 0.3) is 0 Å². The van der Waals surface area contributed by atoms with Crippen molar-refractivity contribution in [1.29, 1.82) is 0 Å². The molecule has 1 aliphatic heterocycles. The second-order valence-corrected chi connectivity index (χ2v) is 7.16. The molecule has 0 aliphatic carbocycles. The van der Waals surface area contributed by atoms with Gasteiger partial charge in [-0.3, -0.25) is 0 Å². The molecule has 3 nitrogen and oxygen atoms in total.